The van der Waals surface area contributed by atoms with Crippen LogP contribution in [0.4, 0.5) is 17.1 Å². The van der Waals surface area contributed by atoms with E-state index in [1.807, 2.05) is 48.5 Å². The molecule has 0 radical (unpaired) electrons. The first kappa shape index (κ1) is 30.7. The van der Waals surface area contributed by atoms with Crippen LogP contribution in [0.25, 0.3) is 72.5 Å². The van der Waals surface area contributed by atoms with Crippen LogP contribution in [0, 0.1) is 0 Å². The molecule has 5 heteroatoms. The molecule has 250 valence electrons. The van der Waals surface area contributed by atoms with Crippen molar-refractivity contribution in [2.45, 2.75) is 6.54 Å². The van der Waals surface area contributed by atoms with Crippen molar-refractivity contribution < 1.29 is 0 Å². The van der Waals surface area contributed by atoms with Gasteiger partial charge in [0.1, 0.15) is 0 Å². The highest BCUT2D eigenvalue weighted by molar-refractivity contribution is 6.19. The molecule has 0 amide bonds. The van der Waals surface area contributed by atoms with Crippen LogP contribution >= 0.6 is 0 Å². The number of para-hydroxylation sites is 3. The monoisotopic (exact) mass is 679 g/mol. The number of fused-ring (bicyclic) bond motifs is 7. The number of nitrogens with zero attached hydrogens (tertiary/aromatic N) is 5. The Morgan fingerprint density at radius 2 is 1.19 bits per heavy atom. The number of hydrogen-bond donors (Lipinski definition) is 0. The standard InChI is InChI=1S/C48H33N5/c1-49-39-24-11-13-26-43(39)52-31-35-19-8-9-22-37(35)46-44(52)27-28-45-47(46)38-23-10-12-25-42(38)53(45)36-21-14-20-34(29-36)48-50-40(32-15-4-2-5-16-32)30-41(51-48)33-17-6-3-7-18-33/h2-30H,1,31H2. The van der Waals surface area contributed by atoms with Gasteiger partial charge in [-0.1, -0.05) is 127 Å². The van der Waals surface area contributed by atoms with Crippen LogP contribution in [0.15, 0.2) is 181 Å². The van der Waals surface area contributed by atoms with E-state index in [-0.39, 0.29) is 0 Å². The number of aliphatic imine (C=N–C) groups is 1. The highest BCUT2D eigenvalue weighted by Gasteiger charge is 2.28. The van der Waals surface area contributed by atoms with Gasteiger partial charge in [-0.2, -0.15) is 0 Å². The third-order valence-electron chi connectivity index (χ3n) is 10.3. The summed E-state index contributed by atoms with van der Waals surface area (Å²) in [5.74, 6) is 0.685. The Bertz CT molecular complexity index is 2780. The van der Waals surface area contributed by atoms with E-state index < -0.39 is 0 Å². The van der Waals surface area contributed by atoms with Crippen molar-refractivity contribution in [3.8, 4) is 50.7 Å². The number of hydrogen-bond acceptors (Lipinski definition) is 4. The van der Waals surface area contributed by atoms with Crippen molar-refractivity contribution in [2.75, 3.05) is 4.90 Å². The van der Waals surface area contributed by atoms with Crippen LogP contribution < -0.4 is 4.90 Å². The fourth-order valence-electron chi connectivity index (χ4n) is 7.90. The fraction of sp³-hybridized carbons (Fsp3) is 0.0208. The van der Waals surface area contributed by atoms with E-state index in [1.165, 1.54) is 27.5 Å². The second-order valence-corrected chi connectivity index (χ2v) is 13.3. The average molecular weight is 680 g/mol. The van der Waals surface area contributed by atoms with E-state index in [4.69, 9.17) is 9.97 Å². The van der Waals surface area contributed by atoms with Crippen LogP contribution in [0.3, 0.4) is 0 Å². The third kappa shape index (κ3) is 5.13. The van der Waals surface area contributed by atoms with Crippen molar-refractivity contribution in [2.24, 2.45) is 4.99 Å². The second-order valence-electron chi connectivity index (χ2n) is 13.3. The van der Waals surface area contributed by atoms with E-state index in [9.17, 15) is 0 Å². The van der Waals surface area contributed by atoms with Gasteiger partial charge in [-0.3, -0.25) is 4.99 Å². The molecule has 3 heterocycles. The lowest BCUT2D eigenvalue weighted by atomic mass is 9.89. The van der Waals surface area contributed by atoms with Crippen LogP contribution in [-0.2, 0) is 6.54 Å². The zero-order chi connectivity index (χ0) is 35.3. The zero-order valence-electron chi connectivity index (χ0n) is 28.9. The van der Waals surface area contributed by atoms with Gasteiger partial charge in [0, 0.05) is 45.3 Å². The fourth-order valence-corrected chi connectivity index (χ4v) is 7.90. The van der Waals surface area contributed by atoms with Gasteiger partial charge < -0.3 is 9.47 Å². The van der Waals surface area contributed by atoms with Crippen LogP contribution in [0.5, 0.6) is 0 Å². The topological polar surface area (TPSA) is 46.3 Å². The lowest BCUT2D eigenvalue weighted by Gasteiger charge is -2.34. The number of anilines is 2. The van der Waals surface area contributed by atoms with Crippen LogP contribution in [0.1, 0.15) is 5.56 Å². The molecular formula is C48H33N5. The molecule has 1 aliphatic heterocycles. The Hall–Kier alpha value is -7.11. The first-order chi connectivity index (χ1) is 26.2. The first-order valence-electron chi connectivity index (χ1n) is 17.8. The predicted molar refractivity (Wildman–Crippen MR) is 220 cm³/mol. The van der Waals surface area contributed by atoms with E-state index in [1.54, 1.807) is 0 Å². The normalized spacial score (nSPS) is 12.1. The summed E-state index contributed by atoms with van der Waals surface area (Å²) in [5.41, 5.74) is 15.0. The molecule has 2 aromatic heterocycles. The van der Waals surface area contributed by atoms with Crippen molar-refractivity contribution >= 4 is 45.6 Å². The van der Waals surface area contributed by atoms with Gasteiger partial charge in [0.25, 0.3) is 0 Å². The summed E-state index contributed by atoms with van der Waals surface area (Å²) in [7, 11) is 0. The maximum absolute atomic E-state index is 5.14. The molecule has 0 spiro atoms. The summed E-state index contributed by atoms with van der Waals surface area (Å²) in [6.07, 6.45) is 0. The highest BCUT2D eigenvalue weighted by Crippen LogP contribution is 2.50. The zero-order valence-corrected chi connectivity index (χ0v) is 28.9. The molecular weight excluding hydrogens is 647 g/mol. The smallest absolute Gasteiger partial charge is 0.160 e. The van der Waals surface area contributed by atoms with Gasteiger partial charge in [0.2, 0.25) is 0 Å². The molecule has 0 unspecified atom stereocenters. The van der Waals surface area contributed by atoms with Crippen LogP contribution in [0.2, 0.25) is 0 Å². The van der Waals surface area contributed by atoms with Gasteiger partial charge >= 0.3 is 0 Å². The summed E-state index contributed by atoms with van der Waals surface area (Å²) in [4.78, 5) is 17.1. The van der Waals surface area contributed by atoms with Crippen molar-refractivity contribution in [3.63, 3.8) is 0 Å². The van der Waals surface area contributed by atoms with Gasteiger partial charge in [-0.25, -0.2) is 9.97 Å². The molecule has 9 aromatic rings. The van der Waals surface area contributed by atoms with E-state index in [0.717, 1.165) is 68.4 Å². The summed E-state index contributed by atoms with van der Waals surface area (Å²) in [5, 5.41) is 2.42. The number of rotatable bonds is 6. The number of aromatic nitrogens is 3. The largest absolute Gasteiger partial charge is 0.335 e. The maximum Gasteiger partial charge on any atom is 0.160 e. The lowest BCUT2D eigenvalue weighted by Crippen LogP contribution is -2.21. The summed E-state index contributed by atoms with van der Waals surface area (Å²) >= 11 is 0. The predicted octanol–water partition coefficient (Wildman–Crippen LogP) is 12.2. The first-order valence-corrected chi connectivity index (χ1v) is 17.8. The Morgan fingerprint density at radius 3 is 1.96 bits per heavy atom. The minimum absolute atomic E-state index is 0.685. The molecule has 53 heavy (non-hydrogen) atoms. The molecule has 10 rings (SSSR count). The summed E-state index contributed by atoms with van der Waals surface area (Å²) < 4.78 is 2.38. The summed E-state index contributed by atoms with van der Waals surface area (Å²) in [6.45, 7) is 4.64. The summed E-state index contributed by atoms with van der Waals surface area (Å²) in [6, 6.07) is 61.7. The third-order valence-corrected chi connectivity index (χ3v) is 10.3. The molecule has 0 aliphatic carbocycles. The van der Waals surface area contributed by atoms with E-state index in [2.05, 4.69) is 149 Å². The number of benzene rings is 7. The van der Waals surface area contributed by atoms with Crippen molar-refractivity contribution in [1.82, 2.24) is 14.5 Å². The van der Waals surface area contributed by atoms with Gasteiger partial charge in [-0.15, -0.1) is 0 Å². The highest BCUT2D eigenvalue weighted by atomic mass is 15.2. The molecule has 0 fully saturated rings. The molecule has 0 N–H and O–H groups in total. The Kier molecular flexibility index (Phi) is 7.29. The van der Waals surface area contributed by atoms with Gasteiger partial charge in [-0.05, 0) is 66.4 Å². The molecule has 0 atom stereocenters. The molecule has 0 bridgehead atoms. The maximum atomic E-state index is 5.14. The molecule has 5 nitrogen and oxygen atoms in total. The van der Waals surface area contributed by atoms with Gasteiger partial charge in [0.15, 0.2) is 5.82 Å². The molecule has 0 saturated heterocycles. The average Bonchev–Trinajstić information content (AvgIpc) is 3.58. The van der Waals surface area contributed by atoms with Gasteiger partial charge in [0.05, 0.1) is 39.5 Å². The SMILES string of the molecule is C=Nc1ccccc1N1Cc2ccccc2-c2c1ccc1c2c2ccccc2n1-c1cccc(-c2nc(-c3ccccc3)cc(-c3ccccc3)n2)c1. The minimum Gasteiger partial charge on any atom is -0.335 e. The minimum atomic E-state index is 0.685. The van der Waals surface area contributed by atoms with Crippen molar-refractivity contribution in [3.05, 3.63) is 181 Å². The lowest BCUT2D eigenvalue weighted by molar-refractivity contribution is 0.963. The Morgan fingerprint density at radius 1 is 0.528 bits per heavy atom. The molecule has 1 aliphatic rings. The van der Waals surface area contributed by atoms with Crippen molar-refractivity contribution in [1.29, 1.82) is 0 Å². The second kappa shape index (κ2) is 12.6. The van der Waals surface area contributed by atoms with E-state index >= 15 is 0 Å². The Balaban J connectivity index is 1.20. The van der Waals surface area contributed by atoms with E-state index in [0.29, 0.717) is 5.82 Å². The Labute approximate surface area is 307 Å². The molecule has 0 saturated carbocycles. The van der Waals surface area contributed by atoms with Crippen LogP contribution in [-0.4, -0.2) is 21.3 Å². The quantitative estimate of drug-likeness (QED) is 0.164. The molecule has 7 aromatic carbocycles.